The first-order valence-electron chi connectivity index (χ1n) is 9.15. The molecule has 3 N–H and O–H groups in total. The molecule has 0 aliphatic heterocycles. The number of imidazole rings is 1. The number of aromatic nitrogens is 3. The van der Waals surface area contributed by atoms with E-state index in [2.05, 4.69) is 20.3 Å². The lowest BCUT2D eigenvalue weighted by molar-refractivity contribution is 0.147. The van der Waals surface area contributed by atoms with Crippen LogP contribution in [-0.4, -0.2) is 27.7 Å². The minimum Gasteiger partial charge on any atom is -0.449 e. The molecule has 0 unspecified atom stereocenters. The Bertz CT molecular complexity index is 1170. The van der Waals surface area contributed by atoms with E-state index in [9.17, 15) is 18.0 Å². The molecule has 0 bridgehead atoms. The average molecular weight is 414 g/mol. The van der Waals surface area contributed by atoms with Crippen molar-refractivity contribution in [1.82, 2.24) is 20.3 Å². The fourth-order valence-corrected chi connectivity index (χ4v) is 3.24. The Balaban J connectivity index is 1.54. The Morgan fingerprint density at radius 1 is 1.10 bits per heavy atom. The highest BCUT2D eigenvalue weighted by atomic mass is 19.1. The van der Waals surface area contributed by atoms with Gasteiger partial charge in [0.2, 0.25) is 0 Å². The summed E-state index contributed by atoms with van der Waals surface area (Å²) < 4.78 is 46.6. The number of H-pyrrole nitrogens is 2. The predicted octanol–water partition coefficient (Wildman–Crippen LogP) is 4.44. The predicted molar refractivity (Wildman–Crippen MR) is 104 cm³/mol. The molecule has 2 aromatic carbocycles. The van der Waals surface area contributed by atoms with Crippen LogP contribution in [0, 0.1) is 17.5 Å². The molecule has 0 aliphatic carbocycles. The number of ether oxygens (including phenoxy) is 1. The molecule has 154 valence electrons. The number of rotatable bonds is 6. The summed E-state index contributed by atoms with van der Waals surface area (Å²) in [7, 11) is 0. The Labute approximate surface area is 169 Å². The molecule has 0 atom stereocenters. The van der Waals surface area contributed by atoms with Crippen molar-refractivity contribution < 1.29 is 22.7 Å². The van der Waals surface area contributed by atoms with Gasteiger partial charge in [-0.3, -0.25) is 0 Å². The second-order valence-electron chi connectivity index (χ2n) is 6.57. The topological polar surface area (TPSA) is 82.8 Å². The SMILES string of the molecule is O=C(NCc1ncc[nH]1)OCCc1c(-c2ccc(F)cc2)[nH]c2c(F)cc(F)cc12. The number of alkyl carbamates (subject to hydrolysis) is 1. The van der Waals surface area contributed by atoms with E-state index in [0.717, 1.165) is 6.07 Å². The second-order valence-corrected chi connectivity index (χ2v) is 6.57. The van der Waals surface area contributed by atoms with Gasteiger partial charge in [-0.2, -0.15) is 0 Å². The number of carbonyl (C=O) groups excluding carboxylic acids is 1. The number of amides is 1. The minimum absolute atomic E-state index is 0.0245. The van der Waals surface area contributed by atoms with Gasteiger partial charge in [0.1, 0.15) is 23.3 Å². The van der Waals surface area contributed by atoms with Gasteiger partial charge >= 0.3 is 6.09 Å². The Morgan fingerprint density at radius 2 is 1.90 bits per heavy atom. The summed E-state index contributed by atoms with van der Waals surface area (Å²) in [5.41, 5.74) is 1.81. The molecule has 0 spiro atoms. The summed E-state index contributed by atoms with van der Waals surface area (Å²) in [5, 5.41) is 2.89. The van der Waals surface area contributed by atoms with Crippen LogP contribution < -0.4 is 5.32 Å². The average Bonchev–Trinajstić information content (AvgIpc) is 3.36. The van der Waals surface area contributed by atoms with Crippen molar-refractivity contribution in [1.29, 1.82) is 0 Å². The highest BCUT2D eigenvalue weighted by Crippen LogP contribution is 2.33. The van der Waals surface area contributed by atoms with Crippen molar-refractivity contribution in [3.05, 3.63) is 77.6 Å². The smallest absolute Gasteiger partial charge is 0.407 e. The molecule has 0 aliphatic rings. The number of hydrogen-bond donors (Lipinski definition) is 3. The van der Waals surface area contributed by atoms with Crippen LogP contribution in [0.5, 0.6) is 0 Å². The van der Waals surface area contributed by atoms with E-state index < -0.39 is 23.5 Å². The van der Waals surface area contributed by atoms with Gasteiger partial charge in [-0.25, -0.2) is 22.9 Å². The lowest BCUT2D eigenvalue weighted by Crippen LogP contribution is -2.25. The molecule has 4 aromatic rings. The van der Waals surface area contributed by atoms with Crippen molar-refractivity contribution in [2.75, 3.05) is 6.61 Å². The zero-order valence-corrected chi connectivity index (χ0v) is 15.6. The molecule has 2 aromatic heterocycles. The monoisotopic (exact) mass is 414 g/mol. The first kappa shape index (κ1) is 19.6. The molecule has 6 nitrogen and oxygen atoms in total. The molecule has 0 fully saturated rings. The Hall–Kier alpha value is -3.75. The maximum absolute atomic E-state index is 14.3. The van der Waals surface area contributed by atoms with E-state index in [1.807, 2.05) is 0 Å². The Morgan fingerprint density at radius 3 is 2.63 bits per heavy atom. The third kappa shape index (κ3) is 4.14. The molecule has 0 saturated carbocycles. The summed E-state index contributed by atoms with van der Waals surface area (Å²) in [5.74, 6) is -1.29. The third-order valence-corrected chi connectivity index (χ3v) is 4.61. The lowest BCUT2D eigenvalue weighted by atomic mass is 10.0. The number of hydrogen-bond acceptors (Lipinski definition) is 3. The van der Waals surface area contributed by atoms with Crippen LogP contribution in [0.4, 0.5) is 18.0 Å². The van der Waals surface area contributed by atoms with Gasteiger partial charge in [0.05, 0.1) is 18.7 Å². The molecule has 0 saturated heterocycles. The summed E-state index contributed by atoms with van der Waals surface area (Å²) in [6.07, 6.45) is 2.75. The van der Waals surface area contributed by atoms with Crippen LogP contribution in [0.25, 0.3) is 22.2 Å². The standard InChI is InChI=1S/C21H17F3N4O2/c22-13-3-1-12(2-4-13)19-15(16-9-14(23)10-17(24)20(16)28-19)5-8-30-21(29)27-11-18-25-6-7-26-18/h1-4,6-7,9-10,28H,5,8,11H2,(H,25,26)(H,27,29). The highest BCUT2D eigenvalue weighted by Gasteiger charge is 2.18. The van der Waals surface area contributed by atoms with E-state index in [0.29, 0.717) is 28.0 Å². The summed E-state index contributed by atoms with van der Waals surface area (Å²) in [6, 6.07) is 7.63. The van der Waals surface area contributed by atoms with Gasteiger partial charge in [-0.15, -0.1) is 0 Å². The van der Waals surface area contributed by atoms with Crippen LogP contribution in [0.2, 0.25) is 0 Å². The molecule has 0 radical (unpaired) electrons. The van der Waals surface area contributed by atoms with Crippen LogP contribution >= 0.6 is 0 Å². The van der Waals surface area contributed by atoms with Crippen molar-refractivity contribution in [3.8, 4) is 11.3 Å². The number of nitrogens with zero attached hydrogens (tertiary/aromatic N) is 1. The fraction of sp³-hybridized carbons (Fsp3) is 0.143. The first-order valence-corrected chi connectivity index (χ1v) is 9.15. The van der Waals surface area contributed by atoms with E-state index in [-0.39, 0.29) is 25.1 Å². The summed E-state index contributed by atoms with van der Waals surface area (Å²) >= 11 is 0. The van der Waals surface area contributed by atoms with Crippen molar-refractivity contribution in [2.24, 2.45) is 0 Å². The van der Waals surface area contributed by atoms with Crippen molar-refractivity contribution in [2.45, 2.75) is 13.0 Å². The minimum atomic E-state index is -0.739. The summed E-state index contributed by atoms with van der Waals surface area (Å²) in [6.45, 7) is 0.152. The number of benzene rings is 2. The molecule has 2 heterocycles. The molecule has 9 heteroatoms. The maximum Gasteiger partial charge on any atom is 0.407 e. The number of aromatic amines is 2. The third-order valence-electron chi connectivity index (χ3n) is 4.61. The van der Waals surface area contributed by atoms with E-state index >= 15 is 0 Å². The van der Waals surface area contributed by atoms with Crippen LogP contribution in [0.1, 0.15) is 11.4 Å². The number of nitrogens with one attached hydrogen (secondary N) is 3. The van der Waals surface area contributed by atoms with Gasteiger partial charge in [-0.1, -0.05) is 0 Å². The van der Waals surface area contributed by atoms with Gasteiger partial charge in [0.15, 0.2) is 0 Å². The van der Waals surface area contributed by atoms with Crippen LogP contribution in [0.3, 0.4) is 0 Å². The van der Waals surface area contributed by atoms with Gasteiger partial charge < -0.3 is 20.0 Å². The van der Waals surface area contributed by atoms with E-state index in [4.69, 9.17) is 4.74 Å². The highest BCUT2D eigenvalue weighted by molar-refractivity contribution is 5.91. The van der Waals surface area contributed by atoms with Crippen LogP contribution in [-0.2, 0) is 17.7 Å². The quantitative estimate of drug-likeness (QED) is 0.436. The first-order chi connectivity index (χ1) is 14.5. The summed E-state index contributed by atoms with van der Waals surface area (Å²) in [4.78, 5) is 21.7. The molecule has 30 heavy (non-hydrogen) atoms. The molecular formula is C21H17F3N4O2. The maximum atomic E-state index is 14.3. The zero-order valence-electron chi connectivity index (χ0n) is 15.6. The largest absolute Gasteiger partial charge is 0.449 e. The van der Waals surface area contributed by atoms with Gasteiger partial charge in [0, 0.05) is 36.0 Å². The molecular weight excluding hydrogens is 397 g/mol. The fourth-order valence-electron chi connectivity index (χ4n) is 3.24. The number of carbonyl (C=O) groups is 1. The molecule has 1 amide bonds. The number of halogens is 3. The van der Waals surface area contributed by atoms with Crippen molar-refractivity contribution in [3.63, 3.8) is 0 Å². The van der Waals surface area contributed by atoms with Crippen LogP contribution in [0.15, 0.2) is 48.8 Å². The van der Waals surface area contributed by atoms with Gasteiger partial charge in [0.25, 0.3) is 0 Å². The number of fused-ring (bicyclic) bond motifs is 1. The van der Waals surface area contributed by atoms with Crippen molar-refractivity contribution >= 4 is 17.0 Å². The zero-order chi connectivity index (χ0) is 21.1. The Kier molecular flexibility index (Phi) is 5.42. The molecule has 4 rings (SSSR count). The van der Waals surface area contributed by atoms with E-state index in [1.165, 1.54) is 30.3 Å². The lowest BCUT2D eigenvalue weighted by Gasteiger charge is -2.08. The van der Waals surface area contributed by atoms with E-state index in [1.54, 1.807) is 12.4 Å². The normalized spacial score (nSPS) is 11.0. The van der Waals surface area contributed by atoms with Gasteiger partial charge in [-0.05, 0) is 41.5 Å². The second kappa shape index (κ2) is 8.32.